The zero-order chi connectivity index (χ0) is 26.0. The number of hydrogen-bond donors (Lipinski definition) is 2. The molecule has 196 valence electrons. The number of benzene rings is 1. The van der Waals surface area contributed by atoms with E-state index in [0.29, 0.717) is 55.3 Å². The third-order valence-electron chi connectivity index (χ3n) is 6.34. The van der Waals surface area contributed by atoms with Crippen LogP contribution in [0.4, 0.5) is 0 Å². The van der Waals surface area contributed by atoms with E-state index in [1.807, 2.05) is 37.3 Å². The number of Topliss-reactive ketones (excluding diaryl/α,β-unsaturated/α-hetero) is 1. The first-order valence-corrected chi connectivity index (χ1v) is 12.6. The number of carboxylic acids is 1. The number of aliphatic carboxylic acids is 1. The first-order valence-electron chi connectivity index (χ1n) is 12.6. The fourth-order valence-electron chi connectivity index (χ4n) is 4.30. The normalized spacial score (nSPS) is 13.5. The van der Waals surface area contributed by atoms with Gasteiger partial charge in [0.2, 0.25) is 5.88 Å². The summed E-state index contributed by atoms with van der Waals surface area (Å²) in [5.74, 6) is 0.548. The quantitative estimate of drug-likeness (QED) is 0.246. The largest absolute Gasteiger partial charge is 0.492 e. The van der Waals surface area contributed by atoms with Gasteiger partial charge in [-0.2, -0.15) is 4.98 Å². The molecule has 4 rings (SSSR count). The van der Waals surface area contributed by atoms with Gasteiger partial charge in [-0.05, 0) is 61.4 Å². The van der Waals surface area contributed by atoms with Crippen LogP contribution >= 0.6 is 0 Å². The molecule has 10 nitrogen and oxygen atoms in total. The van der Waals surface area contributed by atoms with E-state index in [-0.39, 0.29) is 6.54 Å². The van der Waals surface area contributed by atoms with Gasteiger partial charge in [0.05, 0.1) is 13.2 Å². The number of carboxylic acid groups (broad SMARTS) is 1. The van der Waals surface area contributed by atoms with E-state index in [0.717, 1.165) is 23.3 Å². The highest BCUT2D eigenvalue weighted by atomic mass is 16.5. The van der Waals surface area contributed by atoms with Crippen molar-refractivity contribution in [1.29, 1.82) is 0 Å². The Kier molecular flexibility index (Phi) is 9.20. The molecule has 2 aromatic heterocycles. The predicted molar refractivity (Wildman–Crippen MR) is 135 cm³/mol. The number of nitrogens with one attached hydrogen (secondary N) is 1. The van der Waals surface area contributed by atoms with E-state index >= 15 is 0 Å². The number of hydrogen-bond acceptors (Lipinski definition) is 9. The molecule has 0 unspecified atom stereocenters. The van der Waals surface area contributed by atoms with Gasteiger partial charge in [-0.3, -0.25) is 4.79 Å². The first-order chi connectivity index (χ1) is 18.0. The second-order valence-corrected chi connectivity index (χ2v) is 9.19. The lowest BCUT2D eigenvalue weighted by molar-refractivity contribution is -0.148. The Labute approximate surface area is 215 Å². The Balaban J connectivity index is 1.26. The third kappa shape index (κ3) is 7.60. The number of rotatable bonds is 14. The van der Waals surface area contributed by atoms with Crippen LogP contribution in [0.1, 0.15) is 42.6 Å². The summed E-state index contributed by atoms with van der Waals surface area (Å²) in [4.78, 5) is 30.5. The van der Waals surface area contributed by atoms with Gasteiger partial charge >= 0.3 is 5.97 Å². The maximum atomic E-state index is 11.1. The highest BCUT2D eigenvalue weighted by molar-refractivity contribution is 6.33. The van der Waals surface area contributed by atoms with E-state index < -0.39 is 11.8 Å². The molecule has 0 spiro atoms. The summed E-state index contributed by atoms with van der Waals surface area (Å²) < 4.78 is 17.3. The Hall–Kier alpha value is -3.79. The minimum absolute atomic E-state index is 0.218. The average molecular weight is 509 g/mol. The number of ether oxygens (including phenoxy) is 2. The highest BCUT2D eigenvalue weighted by Gasteiger charge is 2.19. The summed E-state index contributed by atoms with van der Waals surface area (Å²) in [7, 11) is 0. The standard InChI is InChI=1S/C27H32N4O6/c1-18-15-19(8-10-23(18)35-14-13-28-16-22(32)27(33)34)9-11-24-30-26(37-31-24)21-7-4-12-29-25(21)36-17-20-5-2-3-6-20/h4,7-8,10,12,15,20,28H,2-3,5-6,9,11,13-14,16-17H2,1H3,(H,33,34). The van der Waals surface area contributed by atoms with Crippen LogP contribution in [0, 0.1) is 12.8 Å². The number of pyridine rings is 1. The van der Waals surface area contributed by atoms with Crippen LogP contribution in [-0.4, -0.2) is 58.3 Å². The zero-order valence-corrected chi connectivity index (χ0v) is 20.9. The van der Waals surface area contributed by atoms with Crippen molar-refractivity contribution in [2.75, 3.05) is 26.3 Å². The zero-order valence-electron chi connectivity index (χ0n) is 20.9. The minimum atomic E-state index is -1.44. The molecule has 0 aliphatic heterocycles. The van der Waals surface area contributed by atoms with Crippen LogP contribution < -0.4 is 14.8 Å². The fourth-order valence-corrected chi connectivity index (χ4v) is 4.30. The molecular formula is C27H32N4O6. The molecule has 10 heteroatoms. The molecule has 2 heterocycles. The highest BCUT2D eigenvalue weighted by Crippen LogP contribution is 2.30. The maximum Gasteiger partial charge on any atom is 0.373 e. The van der Waals surface area contributed by atoms with Crippen molar-refractivity contribution < 1.29 is 28.7 Å². The lowest BCUT2D eigenvalue weighted by atomic mass is 10.1. The van der Waals surface area contributed by atoms with Gasteiger partial charge in [-0.1, -0.05) is 30.1 Å². The lowest BCUT2D eigenvalue weighted by Crippen LogP contribution is -2.31. The van der Waals surface area contributed by atoms with Gasteiger partial charge in [0.25, 0.3) is 11.7 Å². The van der Waals surface area contributed by atoms with Crippen molar-refractivity contribution in [2.24, 2.45) is 5.92 Å². The molecular weight excluding hydrogens is 476 g/mol. The van der Waals surface area contributed by atoms with Crippen LogP contribution in [0.15, 0.2) is 41.1 Å². The second kappa shape index (κ2) is 13.0. The Bertz CT molecular complexity index is 1210. The van der Waals surface area contributed by atoms with Crippen LogP contribution in [0.25, 0.3) is 11.5 Å². The molecule has 37 heavy (non-hydrogen) atoms. The smallest absolute Gasteiger partial charge is 0.373 e. The average Bonchev–Trinajstić information content (AvgIpc) is 3.59. The van der Waals surface area contributed by atoms with Gasteiger partial charge in [0.1, 0.15) is 17.9 Å². The van der Waals surface area contributed by atoms with Gasteiger partial charge in [-0.25, -0.2) is 9.78 Å². The van der Waals surface area contributed by atoms with Crippen molar-refractivity contribution >= 4 is 11.8 Å². The summed E-state index contributed by atoms with van der Waals surface area (Å²) in [6, 6.07) is 9.66. The number of aromatic nitrogens is 3. The van der Waals surface area contributed by atoms with Crippen LogP contribution in [0.2, 0.25) is 0 Å². The molecule has 0 bridgehead atoms. The second-order valence-electron chi connectivity index (χ2n) is 9.19. The molecule has 2 N–H and O–H groups in total. The molecule has 1 aliphatic carbocycles. The van der Waals surface area contributed by atoms with Crippen LogP contribution in [0.3, 0.4) is 0 Å². The number of carbonyl (C=O) groups is 2. The van der Waals surface area contributed by atoms with E-state index in [1.54, 1.807) is 6.20 Å². The molecule has 0 radical (unpaired) electrons. The van der Waals surface area contributed by atoms with Crippen molar-refractivity contribution in [2.45, 2.75) is 45.4 Å². The predicted octanol–water partition coefficient (Wildman–Crippen LogP) is 3.42. The van der Waals surface area contributed by atoms with Crippen LogP contribution in [-0.2, 0) is 22.4 Å². The molecule has 0 saturated heterocycles. The maximum absolute atomic E-state index is 11.1. The monoisotopic (exact) mass is 508 g/mol. The fraction of sp³-hybridized carbons (Fsp3) is 0.444. The Morgan fingerprint density at radius 3 is 2.78 bits per heavy atom. The first kappa shape index (κ1) is 26.3. The Morgan fingerprint density at radius 2 is 2.00 bits per heavy atom. The van der Waals surface area contributed by atoms with Gasteiger partial charge in [0, 0.05) is 19.2 Å². The third-order valence-corrected chi connectivity index (χ3v) is 6.34. The van der Waals surface area contributed by atoms with Crippen molar-refractivity contribution in [1.82, 2.24) is 20.4 Å². The Morgan fingerprint density at radius 1 is 1.16 bits per heavy atom. The van der Waals surface area contributed by atoms with Gasteiger partial charge in [0.15, 0.2) is 5.82 Å². The molecule has 1 aromatic carbocycles. The number of carbonyl (C=O) groups excluding carboxylic acids is 1. The van der Waals surface area contributed by atoms with Gasteiger partial charge in [-0.15, -0.1) is 0 Å². The van der Waals surface area contributed by atoms with E-state index in [2.05, 4.69) is 20.4 Å². The van der Waals surface area contributed by atoms with Crippen molar-refractivity contribution in [3.63, 3.8) is 0 Å². The summed E-state index contributed by atoms with van der Waals surface area (Å²) in [6.07, 6.45) is 7.99. The summed E-state index contributed by atoms with van der Waals surface area (Å²) in [5.41, 5.74) is 2.80. The summed E-state index contributed by atoms with van der Waals surface area (Å²) in [5, 5.41) is 15.5. The van der Waals surface area contributed by atoms with Gasteiger partial charge < -0.3 is 24.4 Å². The topological polar surface area (TPSA) is 137 Å². The van der Waals surface area contributed by atoms with E-state index in [4.69, 9.17) is 19.1 Å². The summed E-state index contributed by atoms with van der Waals surface area (Å²) >= 11 is 0. The number of nitrogens with zero attached hydrogens (tertiary/aromatic N) is 3. The molecule has 1 fully saturated rings. The van der Waals surface area contributed by atoms with Crippen LogP contribution in [0.5, 0.6) is 11.6 Å². The molecule has 0 atom stereocenters. The SMILES string of the molecule is Cc1cc(CCc2noc(-c3cccnc3OCC3CCCC3)n2)ccc1OCCNCC(=O)C(=O)O. The van der Waals surface area contributed by atoms with Crippen molar-refractivity contribution in [3.05, 3.63) is 53.5 Å². The summed E-state index contributed by atoms with van der Waals surface area (Å²) in [6.45, 7) is 3.08. The minimum Gasteiger partial charge on any atom is -0.492 e. The van der Waals surface area contributed by atoms with Crippen molar-refractivity contribution in [3.8, 4) is 23.1 Å². The van der Waals surface area contributed by atoms with E-state index in [9.17, 15) is 9.59 Å². The molecule has 0 amide bonds. The molecule has 1 aliphatic rings. The number of ketones is 1. The number of aryl methyl sites for hydroxylation is 3. The molecule has 3 aromatic rings. The lowest BCUT2D eigenvalue weighted by Gasteiger charge is -2.11. The van der Waals surface area contributed by atoms with E-state index in [1.165, 1.54) is 25.7 Å². The molecule has 1 saturated carbocycles.